The van der Waals surface area contributed by atoms with Crippen LogP contribution in [-0.2, 0) is 16.0 Å². The molecule has 0 unspecified atom stereocenters. The Balaban J connectivity index is 3.46. The number of carbonyl (C=O) groups is 1. The zero-order chi connectivity index (χ0) is 16.5. The molecule has 0 fully saturated rings. The van der Waals surface area contributed by atoms with Crippen molar-refractivity contribution in [2.45, 2.75) is 18.2 Å². The molecule has 1 aromatic carbocycles. The zero-order valence-electron chi connectivity index (χ0n) is 10.5. The molecule has 0 aromatic heterocycles. The van der Waals surface area contributed by atoms with Crippen LogP contribution in [0.4, 0.5) is 25.1 Å². The lowest BCUT2D eigenvalue weighted by Crippen LogP contribution is -2.14. The Morgan fingerprint density at radius 3 is 2.29 bits per heavy atom. The third-order valence-corrected chi connectivity index (χ3v) is 3.53. The van der Waals surface area contributed by atoms with E-state index in [2.05, 4.69) is 4.74 Å². The summed E-state index contributed by atoms with van der Waals surface area (Å²) in [5, 5.41) is 10.4. The number of nitrogens with zero attached hydrogens (tertiary/aromatic N) is 1. The Kier molecular flexibility index (Phi) is 3.71. The van der Waals surface area contributed by atoms with Crippen LogP contribution in [0.5, 0.6) is 0 Å². The zero-order valence-corrected chi connectivity index (χ0v) is 11.3. The fraction of sp³-hybridized carbons (Fsp3) is 0.300. The second-order valence-corrected chi connectivity index (χ2v) is 6.38. The molecule has 0 aliphatic rings. The van der Waals surface area contributed by atoms with Crippen LogP contribution in [0.1, 0.15) is 12.5 Å². The highest BCUT2D eigenvalue weighted by Crippen LogP contribution is 3.02. The molecule has 0 bridgehead atoms. The van der Waals surface area contributed by atoms with Gasteiger partial charge in [-0.05, 0) is 12.5 Å². The van der Waals surface area contributed by atoms with Gasteiger partial charge in [-0.25, -0.2) is 0 Å². The van der Waals surface area contributed by atoms with Crippen LogP contribution in [-0.4, -0.2) is 17.5 Å². The predicted molar refractivity (Wildman–Crippen MR) is 64.8 cm³/mol. The van der Waals surface area contributed by atoms with Gasteiger partial charge in [0, 0.05) is 12.1 Å². The number of hydrogen-bond donors (Lipinski definition) is 0. The van der Waals surface area contributed by atoms with Crippen LogP contribution in [0.25, 0.3) is 0 Å². The number of benzene rings is 1. The van der Waals surface area contributed by atoms with Crippen molar-refractivity contribution < 1.29 is 33.9 Å². The molecule has 0 N–H and O–H groups in total. The Morgan fingerprint density at radius 2 is 1.86 bits per heavy atom. The van der Waals surface area contributed by atoms with Crippen LogP contribution < -0.4 is 0 Å². The maximum atomic E-state index is 12.9. The molecule has 0 atom stereocenters. The number of hydrogen-bond acceptors (Lipinski definition) is 4. The molecule has 0 saturated carbocycles. The molecular formula is C10H10F5NO4S. The number of non-ortho nitro benzene ring substituents is 1. The largest absolute Gasteiger partial charge is 0.466 e. The van der Waals surface area contributed by atoms with E-state index in [-0.39, 0.29) is 12.7 Å². The second-order valence-electron chi connectivity index (χ2n) is 4.00. The lowest BCUT2D eigenvalue weighted by atomic mass is 10.1. The van der Waals surface area contributed by atoms with Crippen LogP contribution in [0.15, 0.2) is 23.1 Å². The van der Waals surface area contributed by atoms with E-state index >= 15 is 0 Å². The van der Waals surface area contributed by atoms with E-state index in [1.807, 2.05) is 0 Å². The summed E-state index contributed by atoms with van der Waals surface area (Å²) < 4.78 is 69.0. The molecule has 0 amide bonds. The first-order chi connectivity index (χ1) is 9.24. The molecule has 0 heterocycles. The third kappa shape index (κ3) is 4.55. The highest BCUT2D eigenvalue weighted by Gasteiger charge is 2.67. The van der Waals surface area contributed by atoms with Gasteiger partial charge in [0.05, 0.1) is 18.0 Å². The number of nitro groups is 1. The van der Waals surface area contributed by atoms with Gasteiger partial charge in [-0.2, -0.15) is 0 Å². The molecule has 0 aliphatic carbocycles. The van der Waals surface area contributed by atoms with Crippen molar-refractivity contribution in [3.8, 4) is 0 Å². The minimum absolute atomic E-state index is 0.141. The first kappa shape index (κ1) is 17.1. The Hall–Kier alpha value is -1.91. The van der Waals surface area contributed by atoms with Gasteiger partial charge >= 0.3 is 16.2 Å². The Bertz CT molecular complexity index is 601. The number of rotatable bonds is 5. The van der Waals surface area contributed by atoms with Gasteiger partial charge in [0.25, 0.3) is 5.69 Å². The number of esters is 1. The quantitative estimate of drug-likeness (QED) is 0.347. The lowest BCUT2D eigenvalue weighted by Gasteiger charge is -2.41. The summed E-state index contributed by atoms with van der Waals surface area (Å²) in [4.78, 5) is 17.9. The number of ether oxygens (including phenoxy) is 1. The monoisotopic (exact) mass is 335 g/mol. The van der Waals surface area contributed by atoms with Crippen molar-refractivity contribution in [1.29, 1.82) is 0 Å². The first-order valence-corrected chi connectivity index (χ1v) is 7.36. The summed E-state index contributed by atoms with van der Waals surface area (Å²) in [7, 11) is -10.2. The smallest absolute Gasteiger partial charge is 0.310 e. The Morgan fingerprint density at radius 1 is 1.29 bits per heavy atom. The third-order valence-electron chi connectivity index (χ3n) is 2.32. The molecule has 0 aliphatic heterocycles. The lowest BCUT2D eigenvalue weighted by molar-refractivity contribution is -0.385. The molecule has 0 saturated heterocycles. The van der Waals surface area contributed by atoms with E-state index < -0.39 is 43.7 Å². The van der Waals surface area contributed by atoms with E-state index in [0.29, 0.717) is 12.1 Å². The normalized spacial score (nSPS) is 15.0. The predicted octanol–water partition coefficient (Wildman–Crippen LogP) is 4.36. The van der Waals surface area contributed by atoms with Crippen molar-refractivity contribution >= 4 is 21.9 Å². The molecule has 11 heteroatoms. The van der Waals surface area contributed by atoms with Crippen molar-refractivity contribution in [2.75, 3.05) is 6.61 Å². The van der Waals surface area contributed by atoms with Gasteiger partial charge in [0.1, 0.15) is 4.90 Å². The van der Waals surface area contributed by atoms with E-state index in [0.717, 1.165) is 0 Å². The molecule has 0 radical (unpaired) electrons. The van der Waals surface area contributed by atoms with Gasteiger partial charge in [0.2, 0.25) is 0 Å². The number of halogens is 5. The van der Waals surface area contributed by atoms with Crippen LogP contribution in [0, 0.1) is 10.1 Å². The second kappa shape index (κ2) is 4.55. The van der Waals surface area contributed by atoms with E-state index in [4.69, 9.17) is 0 Å². The van der Waals surface area contributed by atoms with Gasteiger partial charge in [-0.3, -0.25) is 14.9 Å². The molecular weight excluding hydrogens is 325 g/mol. The average molecular weight is 335 g/mol. The van der Waals surface area contributed by atoms with Crippen LogP contribution >= 0.6 is 10.2 Å². The summed E-state index contributed by atoms with van der Waals surface area (Å²) in [6.45, 7) is 1.25. The summed E-state index contributed by atoms with van der Waals surface area (Å²) >= 11 is 0. The van der Waals surface area contributed by atoms with Crippen LogP contribution in [0.3, 0.4) is 0 Å². The van der Waals surface area contributed by atoms with Gasteiger partial charge in [-0.1, -0.05) is 25.5 Å². The molecule has 21 heavy (non-hydrogen) atoms. The Labute approximate surface area is 115 Å². The minimum atomic E-state index is -10.2. The van der Waals surface area contributed by atoms with Crippen molar-refractivity contribution in [1.82, 2.24) is 0 Å². The fourth-order valence-corrected chi connectivity index (χ4v) is 2.51. The maximum Gasteiger partial charge on any atom is 0.310 e. The van der Waals surface area contributed by atoms with E-state index in [1.165, 1.54) is 6.92 Å². The molecule has 1 rings (SSSR count). The minimum Gasteiger partial charge on any atom is -0.466 e. The standard InChI is InChI=1S/C10H10F5NO4S/c1-2-20-10(17)5-7-3-4-8(16(18)19)6-9(7)21(11,12,13,14)15/h3-4,6H,2,5H2,1H3. The first-order valence-electron chi connectivity index (χ1n) is 5.41. The maximum absolute atomic E-state index is 12.9. The molecule has 0 spiro atoms. The fourth-order valence-electron chi connectivity index (χ4n) is 1.53. The average Bonchev–Trinajstić information content (AvgIpc) is 2.26. The summed E-state index contributed by atoms with van der Waals surface area (Å²) in [6.07, 6.45) is -1.06. The molecule has 120 valence electrons. The topological polar surface area (TPSA) is 69.4 Å². The summed E-state index contributed by atoms with van der Waals surface area (Å²) in [5.41, 5.74) is -2.22. The summed E-state index contributed by atoms with van der Waals surface area (Å²) in [6, 6.07) is 0.819. The van der Waals surface area contributed by atoms with Gasteiger partial charge < -0.3 is 4.74 Å². The number of nitro benzene ring substituents is 1. The number of carbonyl (C=O) groups excluding carboxylic acids is 1. The van der Waals surface area contributed by atoms with Gasteiger partial charge in [-0.15, -0.1) is 0 Å². The molecule has 1 aromatic rings. The highest BCUT2D eigenvalue weighted by molar-refractivity contribution is 8.45. The van der Waals surface area contributed by atoms with Crippen molar-refractivity contribution in [2.24, 2.45) is 0 Å². The van der Waals surface area contributed by atoms with E-state index in [9.17, 15) is 34.3 Å². The highest BCUT2D eigenvalue weighted by atomic mass is 32.5. The summed E-state index contributed by atoms with van der Waals surface area (Å²) in [5.74, 6) is -1.14. The SMILES string of the molecule is CCOC(=O)Cc1ccc([N+](=O)[O-])cc1S(F)(F)(F)(F)F. The van der Waals surface area contributed by atoms with Crippen LogP contribution in [0.2, 0.25) is 0 Å². The van der Waals surface area contributed by atoms with Crippen molar-refractivity contribution in [3.05, 3.63) is 33.9 Å². The van der Waals surface area contributed by atoms with E-state index in [1.54, 1.807) is 0 Å². The molecule has 5 nitrogen and oxygen atoms in total. The van der Waals surface area contributed by atoms with Gasteiger partial charge in [0.15, 0.2) is 0 Å². The van der Waals surface area contributed by atoms with Crippen molar-refractivity contribution in [3.63, 3.8) is 0 Å².